The molecule has 2 N–H and O–H groups in total. The zero-order chi connectivity index (χ0) is 12.1. The summed E-state index contributed by atoms with van der Waals surface area (Å²) in [5.74, 6) is -3.16. The molecule has 0 aromatic carbocycles. The molecule has 1 aromatic rings. The highest BCUT2D eigenvalue weighted by molar-refractivity contribution is 5.98. The van der Waals surface area contributed by atoms with Crippen LogP contribution in [0.2, 0.25) is 0 Å². The summed E-state index contributed by atoms with van der Waals surface area (Å²) in [7, 11) is 0. The van der Waals surface area contributed by atoms with Crippen LogP contribution in [0.4, 0.5) is 0 Å². The van der Waals surface area contributed by atoms with E-state index in [0.717, 1.165) is 6.42 Å². The Morgan fingerprint density at radius 1 is 1.38 bits per heavy atom. The molecule has 1 aliphatic carbocycles. The van der Waals surface area contributed by atoms with Gasteiger partial charge in [0.1, 0.15) is 0 Å². The molecule has 0 saturated heterocycles. The lowest BCUT2D eigenvalue weighted by atomic mass is 10.1. The fourth-order valence-electron chi connectivity index (χ4n) is 1.66. The summed E-state index contributed by atoms with van der Waals surface area (Å²) in [6, 6.07) is 0. The second-order valence-corrected chi connectivity index (χ2v) is 4.59. The van der Waals surface area contributed by atoms with Gasteiger partial charge in [-0.2, -0.15) is 0 Å². The first-order valence-electron chi connectivity index (χ1n) is 4.80. The van der Waals surface area contributed by atoms with Gasteiger partial charge in [0.25, 0.3) is 0 Å². The van der Waals surface area contributed by atoms with Crippen LogP contribution in [0.5, 0.6) is 0 Å². The number of rotatable bonds is 3. The first-order valence-corrected chi connectivity index (χ1v) is 4.80. The minimum absolute atomic E-state index is 0.0103. The number of nitrogens with zero attached hydrogens (tertiary/aromatic N) is 1. The van der Waals surface area contributed by atoms with Crippen LogP contribution in [-0.2, 0) is 0 Å². The predicted octanol–water partition coefficient (Wildman–Crippen LogP) is 1.58. The van der Waals surface area contributed by atoms with Gasteiger partial charge in [-0.15, -0.1) is 0 Å². The van der Waals surface area contributed by atoms with Crippen LogP contribution in [0.25, 0.3) is 0 Å². The van der Waals surface area contributed by atoms with Crippen molar-refractivity contribution < 1.29 is 24.2 Å². The molecule has 0 spiro atoms. The van der Waals surface area contributed by atoms with Crippen molar-refractivity contribution in [2.45, 2.75) is 26.2 Å². The second kappa shape index (κ2) is 3.07. The molecule has 6 nitrogen and oxygen atoms in total. The van der Waals surface area contributed by atoms with E-state index in [2.05, 4.69) is 4.98 Å². The van der Waals surface area contributed by atoms with Gasteiger partial charge in [-0.05, 0) is 11.8 Å². The molecule has 16 heavy (non-hydrogen) atoms. The highest BCUT2D eigenvalue weighted by Crippen LogP contribution is 2.58. The number of carbonyl (C=O) groups is 2. The van der Waals surface area contributed by atoms with Gasteiger partial charge < -0.3 is 14.6 Å². The van der Waals surface area contributed by atoms with Gasteiger partial charge >= 0.3 is 11.9 Å². The Labute approximate surface area is 90.9 Å². The van der Waals surface area contributed by atoms with Crippen LogP contribution < -0.4 is 0 Å². The van der Waals surface area contributed by atoms with E-state index < -0.39 is 23.4 Å². The van der Waals surface area contributed by atoms with E-state index in [0.29, 0.717) is 0 Å². The first-order chi connectivity index (χ1) is 7.33. The lowest BCUT2D eigenvalue weighted by molar-refractivity contribution is 0.0623. The van der Waals surface area contributed by atoms with Gasteiger partial charge in [0.05, 0.1) is 0 Å². The van der Waals surface area contributed by atoms with E-state index in [1.54, 1.807) is 0 Å². The topological polar surface area (TPSA) is 101 Å². The molecule has 1 unspecified atom stereocenters. The first kappa shape index (κ1) is 10.7. The average Bonchev–Trinajstić information content (AvgIpc) is 2.64. The summed E-state index contributed by atoms with van der Waals surface area (Å²) in [5.41, 5.74) is -0.513. The third-order valence-corrected chi connectivity index (χ3v) is 2.85. The van der Waals surface area contributed by atoms with Gasteiger partial charge in [-0.3, -0.25) is 0 Å². The minimum Gasteiger partial charge on any atom is -0.476 e. The van der Waals surface area contributed by atoms with Crippen molar-refractivity contribution in [3.05, 3.63) is 17.3 Å². The van der Waals surface area contributed by atoms with Crippen molar-refractivity contribution in [3.8, 4) is 0 Å². The van der Waals surface area contributed by atoms with Gasteiger partial charge in [-0.25, -0.2) is 14.6 Å². The number of oxazole rings is 1. The monoisotopic (exact) mass is 225 g/mol. The molecule has 2 rings (SSSR count). The maximum Gasteiger partial charge on any atom is 0.374 e. The third kappa shape index (κ3) is 1.56. The molecule has 1 aromatic heterocycles. The molecule has 1 atom stereocenters. The highest BCUT2D eigenvalue weighted by Gasteiger charge is 2.50. The van der Waals surface area contributed by atoms with Crippen molar-refractivity contribution in [2.24, 2.45) is 5.41 Å². The molecule has 1 saturated carbocycles. The third-order valence-electron chi connectivity index (χ3n) is 2.85. The molecule has 0 radical (unpaired) electrons. The Morgan fingerprint density at radius 2 is 1.94 bits per heavy atom. The Kier molecular flexibility index (Phi) is 2.04. The fraction of sp³-hybridized carbons (Fsp3) is 0.500. The standard InChI is InChI=1S/C10H11NO5/c1-10(2)3-4(10)7-11-5(8(12)13)6(16-7)9(14)15/h4H,3H2,1-2H3,(H,12,13)(H,14,15). The maximum atomic E-state index is 10.8. The maximum absolute atomic E-state index is 10.8. The molecule has 1 aliphatic rings. The molecular formula is C10H11NO5. The summed E-state index contributed by atoms with van der Waals surface area (Å²) in [6.45, 7) is 3.98. The van der Waals surface area contributed by atoms with Crippen molar-refractivity contribution >= 4 is 11.9 Å². The number of hydrogen-bond acceptors (Lipinski definition) is 4. The van der Waals surface area contributed by atoms with Crippen LogP contribution in [0.1, 0.15) is 53.1 Å². The molecule has 1 heterocycles. The van der Waals surface area contributed by atoms with Gasteiger partial charge in [-0.1, -0.05) is 13.8 Å². The average molecular weight is 225 g/mol. The van der Waals surface area contributed by atoms with E-state index in [4.69, 9.17) is 14.6 Å². The van der Waals surface area contributed by atoms with E-state index >= 15 is 0 Å². The van der Waals surface area contributed by atoms with E-state index in [1.807, 2.05) is 13.8 Å². The lowest BCUT2D eigenvalue weighted by Crippen LogP contribution is -2.05. The molecule has 86 valence electrons. The van der Waals surface area contributed by atoms with E-state index in [9.17, 15) is 9.59 Å². The predicted molar refractivity (Wildman–Crippen MR) is 51.6 cm³/mol. The summed E-state index contributed by atoms with van der Waals surface area (Å²) in [4.78, 5) is 25.2. The van der Waals surface area contributed by atoms with Gasteiger partial charge in [0.15, 0.2) is 5.89 Å². The SMILES string of the molecule is CC1(C)CC1c1nc(C(=O)O)c(C(=O)O)o1. The molecule has 0 aliphatic heterocycles. The van der Waals surface area contributed by atoms with Crippen molar-refractivity contribution in [2.75, 3.05) is 0 Å². The minimum atomic E-state index is -1.41. The lowest BCUT2D eigenvalue weighted by Gasteiger charge is -1.96. The number of aromatic carboxylic acids is 2. The quantitative estimate of drug-likeness (QED) is 0.809. The van der Waals surface area contributed by atoms with Crippen LogP contribution in [0, 0.1) is 5.41 Å². The Balaban J connectivity index is 2.40. The normalized spacial score (nSPS) is 21.8. The Hall–Kier alpha value is -1.85. The highest BCUT2D eigenvalue weighted by atomic mass is 16.4. The van der Waals surface area contributed by atoms with Gasteiger partial charge in [0, 0.05) is 5.92 Å². The number of carboxylic acids is 2. The fourth-order valence-corrected chi connectivity index (χ4v) is 1.66. The zero-order valence-corrected chi connectivity index (χ0v) is 8.85. The molecule has 0 bridgehead atoms. The number of carboxylic acid groups (broad SMARTS) is 2. The Morgan fingerprint density at radius 3 is 2.25 bits per heavy atom. The largest absolute Gasteiger partial charge is 0.476 e. The smallest absolute Gasteiger partial charge is 0.374 e. The zero-order valence-electron chi connectivity index (χ0n) is 8.85. The molecule has 6 heteroatoms. The summed E-state index contributed by atoms with van der Waals surface area (Å²) in [5, 5.41) is 17.5. The Bertz CT molecular complexity index is 442. The van der Waals surface area contributed by atoms with Crippen LogP contribution in [0.15, 0.2) is 4.42 Å². The summed E-state index contributed by atoms with van der Waals surface area (Å²) in [6.07, 6.45) is 0.825. The van der Waals surface area contributed by atoms with Crippen molar-refractivity contribution in [1.29, 1.82) is 0 Å². The number of hydrogen-bond donors (Lipinski definition) is 2. The van der Waals surface area contributed by atoms with E-state index in [-0.39, 0.29) is 17.2 Å². The van der Waals surface area contributed by atoms with Crippen molar-refractivity contribution in [1.82, 2.24) is 4.98 Å². The summed E-state index contributed by atoms with van der Waals surface area (Å²) < 4.78 is 5.01. The molecule has 1 fully saturated rings. The summed E-state index contributed by atoms with van der Waals surface area (Å²) >= 11 is 0. The van der Waals surface area contributed by atoms with Crippen LogP contribution >= 0.6 is 0 Å². The second-order valence-electron chi connectivity index (χ2n) is 4.59. The molecular weight excluding hydrogens is 214 g/mol. The van der Waals surface area contributed by atoms with E-state index in [1.165, 1.54) is 0 Å². The van der Waals surface area contributed by atoms with Crippen LogP contribution in [0.3, 0.4) is 0 Å². The van der Waals surface area contributed by atoms with Crippen LogP contribution in [-0.4, -0.2) is 27.1 Å². The van der Waals surface area contributed by atoms with Gasteiger partial charge in [0.2, 0.25) is 11.5 Å². The number of aromatic nitrogens is 1. The molecule has 0 amide bonds. The van der Waals surface area contributed by atoms with Crippen molar-refractivity contribution in [3.63, 3.8) is 0 Å².